The lowest BCUT2D eigenvalue weighted by atomic mass is 10.2. The number of carboxylic acids is 1. The maximum absolute atomic E-state index is 12.2. The van der Waals surface area contributed by atoms with Crippen LogP contribution in [0.5, 0.6) is 0 Å². The van der Waals surface area contributed by atoms with Crippen LogP contribution in [0.1, 0.15) is 62.7 Å². The lowest BCUT2D eigenvalue weighted by Gasteiger charge is -2.03. The van der Waals surface area contributed by atoms with Crippen molar-refractivity contribution in [2.24, 2.45) is 0 Å². The van der Waals surface area contributed by atoms with Crippen molar-refractivity contribution in [3.63, 3.8) is 0 Å². The molecule has 0 unspecified atom stereocenters. The summed E-state index contributed by atoms with van der Waals surface area (Å²) in [5.41, 5.74) is 0.823. The van der Waals surface area contributed by atoms with Gasteiger partial charge in [0.05, 0.1) is 10.7 Å². The summed E-state index contributed by atoms with van der Waals surface area (Å²) >= 11 is 1.40. The van der Waals surface area contributed by atoms with E-state index in [0.717, 1.165) is 10.7 Å². The maximum Gasteiger partial charge on any atom is 0.360 e. The number of nitrogens with one attached hydrogen (secondary N) is 1. The zero-order valence-corrected chi connectivity index (χ0v) is 13.9. The van der Waals surface area contributed by atoms with Gasteiger partial charge in [-0.05, 0) is 24.9 Å². The van der Waals surface area contributed by atoms with Gasteiger partial charge < -0.3 is 10.4 Å². The van der Waals surface area contributed by atoms with Gasteiger partial charge in [-0.25, -0.2) is 14.4 Å². The lowest BCUT2D eigenvalue weighted by molar-refractivity contribution is 0.0683. The van der Waals surface area contributed by atoms with E-state index >= 15 is 0 Å². The minimum Gasteiger partial charge on any atom is -0.476 e. The molecule has 8 nitrogen and oxygen atoms in total. The number of rotatable bonds is 7. The number of hydrogen-bond donors (Lipinski definition) is 2. The van der Waals surface area contributed by atoms with Crippen LogP contribution < -0.4 is 5.32 Å². The average Bonchev–Trinajstić information content (AvgIpc) is 3.09. The third-order valence-electron chi connectivity index (χ3n) is 3.15. The molecule has 0 aliphatic carbocycles. The van der Waals surface area contributed by atoms with Crippen LogP contribution in [-0.2, 0) is 6.42 Å². The summed E-state index contributed by atoms with van der Waals surface area (Å²) < 4.78 is 4.42. The number of thiazole rings is 1. The highest BCUT2D eigenvalue weighted by molar-refractivity contribution is 7.13. The fraction of sp³-hybridized carbons (Fsp3) is 0.500. The Balaban J connectivity index is 1.85. The van der Waals surface area contributed by atoms with Gasteiger partial charge in [0, 0.05) is 12.5 Å². The first-order valence-corrected chi connectivity index (χ1v) is 8.02. The molecular formula is C14H18N4O4S. The van der Waals surface area contributed by atoms with E-state index in [-0.39, 0.29) is 23.2 Å². The molecule has 0 spiro atoms. The minimum atomic E-state index is -1.17. The van der Waals surface area contributed by atoms with Gasteiger partial charge in [0.1, 0.15) is 10.6 Å². The van der Waals surface area contributed by atoms with E-state index in [2.05, 4.69) is 25.2 Å². The van der Waals surface area contributed by atoms with Gasteiger partial charge in [-0.1, -0.05) is 19.0 Å². The molecule has 2 N–H and O–H groups in total. The Morgan fingerprint density at radius 3 is 2.70 bits per heavy atom. The molecule has 2 rings (SSSR count). The van der Waals surface area contributed by atoms with Crippen molar-refractivity contribution in [3.8, 4) is 0 Å². The number of aromatic nitrogens is 3. The fourth-order valence-electron chi connectivity index (χ4n) is 1.95. The number of hydrogen-bond acceptors (Lipinski definition) is 7. The van der Waals surface area contributed by atoms with Crippen LogP contribution in [0.15, 0.2) is 4.63 Å². The van der Waals surface area contributed by atoms with E-state index in [1.54, 1.807) is 0 Å². The van der Waals surface area contributed by atoms with Crippen LogP contribution in [-0.4, -0.2) is 38.8 Å². The summed E-state index contributed by atoms with van der Waals surface area (Å²) in [7, 11) is 0. The monoisotopic (exact) mass is 338 g/mol. The second kappa shape index (κ2) is 7.32. The van der Waals surface area contributed by atoms with Crippen molar-refractivity contribution in [1.82, 2.24) is 20.6 Å². The van der Waals surface area contributed by atoms with Gasteiger partial charge >= 0.3 is 5.97 Å². The largest absolute Gasteiger partial charge is 0.476 e. The number of carbonyl (C=O) groups excluding carboxylic acids is 1. The topological polar surface area (TPSA) is 118 Å². The van der Waals surface area contributed by atoms with E-state index in [9.17, 15) is 9.59 Å². The van der Waals surface area contributed by atoms with Gasteiger partial charge in [0.25, 0.3) is 5.91 Å². The number of aromatic carboxylic acids is 1. The van der Waals surface area contributed by atoms with Crippen molar-refractivity contribution in [1.29, 1.82) is 0 Å². The standard InChI is InChI=1S/C14H18N4O4S/c1-7(2)13-16-8(3)11(23-13)12(19)15-6-4-5-9-10(14(20)21)18-22-17-9/h7H,4-6H2,1-3H3,(H,15,19)(H,20,21). The SMILES string of the molecule is Cc1nc(C(C)C)sc1C(=O)NCCCc1nonc1C(=O)O. The second-order valence-corrected chi connectivity index (χ2v) is 6.38. The Kier molecular flexibility index (Phi) is 5.43. The molecule has 0 aliphatic rings. The van der Waals surface area contributed by atoms with Crippen molar-refractivity contribution in [2.75, 3.05) is 6.54 Å². The molecule has 0 aromatic carbocycles. The number of aryl methyl sites for hydroxylation is 2. The number of carbonyl (C=O) groups is 2. The summed E-state index contributed by atoms with van der Waals surface area (Å²) in [5.74, 6) is -1.05. The summed E-state index contributed by atoms with van der Waals surface area (Å²) in [4.78, 5) is 28.0. The molecule has 23 heavy (non-hydrogen) atoms. The lowest BCUT2D eigenvalue weighted by Crippen LogP contribution is -2.24. The Morgan fingerprint density at radius 2 is 2.09 bits per heavy atom. The van der Waals surface area contributed by atoms with Crippen molar-refractivity contribution in [3.05, 3.63) is 27.0 Å². The number of nitrogens with zero attached hydrogens (tertiary/aromatic N) is 3. The predicted octanol–water partition coefficient (Wildman–Crippen LogP) is 2.02. The molecule has 0 saturated heterocycles. The van der Waals surface area contributed by atoms with Crippen LogP contribution in [0.2, 0.25) is 0 Å². The molecule has 2 heterocycles. The smallest absolute Gasteiger partial charge is 0.360 e. The van der Waals surface area contributed by atoms with Gasteiger partial charge in [-0.2, -0.15) is 0 Å². The molecule has 9 heteroatoms. The summed E-state index contributed by atoms with van der Waals surface area (Å²) in [5, 5.41) is 19.5. The number of carboxylic acid groups (broad SMARTS) is 1. The summed E-state index contributed by atoms with van der Waals surface area (Å²) in [6, 6.07) is 0. The zero-order valence-electron chi connectivity index (χ0n) is 13.1. The molecule has 0 radical (unpaired) electrons. The van der Waals surface area contributed by atoms with Gasteiger partial charge in [0.15, 0.2) is 0 Å². The van der Waals surface area contributed by atoms with E-state index in [1.807, 2.05) is 20.8 Å². The number of amides is 1. The average molecular weight is 338 g/mol. The molecule has 0 atom stereocenters. The van der Waals surface area contributed by atoms with E-state index in [0.29, 0.717) is 24.3 Å². The van der Waals surface area contributed by atoms with Gasteiger partial charge in [-0.3, -0.25) is 4.79 Å². The Bertz CT molecular complexity index is 707. The summed E-state index contributed by atoms with van der Waals surface area (Å²) in [6.07, 6.45) is 0.902. The molecule has 0 fully saturated rings. The maximum atomic E-state index is 12.2. The molecular weight excluding hydrogens is 320 g/mol. The minimum absolute atomic E-state index is 0.163. The normalized spacial score (nSPS) is 11.0. The van der Waals surface area contributed by atoms with Crippen LogP contribution in [0.4, 0.5) is 0 Å². The highest BCUT2D eigenvalue weighted by Crippen LogP contribution is 2.24. The molecule has 0 saturated carbocycles. The summed E-state index contributed by atoms with van der Waals surface area (Å²) in [6.45, 7) is 6.29. The van der Waals surface area contributed by atoms with Gasteiger partial charge in [0.2, 0.25) is 5.69 Å². The van der Waals surface area contributed by atoms with E-state index < -0.39 is 5.97 Å². The molecule has 2 aromatic heterocycles. The first-order valence-electron chi connectivity index (χ1n) is 7.20. The molecule has 0 aliphatic heterocycles. The Hall–Kier alpha value is -2.29. The van der Waals surface area contributed by atoms with Crippen LogP contribution in [0.3, 0.4) is 0 Å². The molecule has 2 aromatic rings. The van der Waals surface area contributed by atoms with Crippen molar-refractivity contribution < 1.29 is 19.3 Å². The third-order valence-corrected chi connectivity index (χ3v) is 4.60. The highest BCUT2D eigenvalue weighted by Gasteiger charge is 2.18. The molecule has 124 valence electrons. The van der Waals surface area contributed by atoms with Crippen molar-refractivity contribution >= 4 is 23.2 Å². The second-order valence-electron chi connectivity index (χ2n) is 5.35. The Morgan fingerprint density at radius 1 is 1.35 bits per heavy atom. The van der Waals surface area contributed by atoms with Crippen LogP contribution in [0, 0.1) is 6.92 Å². The first kappa shape index (κ1) is 17.1. The zero-order chi connectivity index (χ0) is 17.0. The molecule has 1 amide bonds. The fourth-order valence-corrected chi connectivity index (χ4v) is 2.93. The highest BCUT2D eigenvalue weighted by atomic mass is 32.1. The van der Waals surface area contributed by atoms with Crippen LogP contribution >= 0.6 is 11.3 Å². The van der Waals surface area contributed by atoms with Crippen molar-refractivity contribution in [2.45, 2.75) is 39.5 Å². The predicted molar refractivity (Wildman–Crippen MR) is 82.9 cm³/mol. The quantitative estimate of drug-likeness (QED) is 0.741. The van der Waals surface area contributed by atoms with E-state index in [1.165, 1.54) is 11.3 Å². The van der Waals surface area contributed by atoms with E-state index in [4.69, 9.17) is 5.11 Å². The molecule has 0 bridgehead atoms. The third kappa shape index (κ3) is 4.13. The van der Waals surface area contributed by atoms with Gasteiger partial charge in [-0.15, -0.1) is 11.3 Å². The first-order chi connectivity index (χ1) is 10.9. The Labute approximate surface area is 136 Å². The van der Waals surface area contributed by atoms with Crippen LogP contribution in [0.25, 0.3) is 0 Å².